The number of para-hydroxylation sites is 2. The Morgan fingerprint density at radius 2 is 0.970 bits per heavy atom. The minimum absolute atomic E-state index is 0. The van der Waals surface area contributed by atoms with Crippen LogP contribution in [-0.2, 0) is 16.5 Å². The van der Waals surface area contributed by atoms with E-state index in [1.54, 1.807) is 72.8 Å². The molecule has 0 bridgehead atoms. The molecule has 0 radical (unpaired) electrons. The SMILES string of the molecule is O=C1CC=Cc2oc3ccccc3c(=O)c21.O=C1CC=Cc2oc3ccccc3c(=O)c21.[Ni]. The Hall–Kier alpha value is -3.83. The van der Waals surface area contributed by atoms with Crippen LogP contribution in [-0.4, -0.2) is 11.6 Å². The van der Waals surface area contributed by atoms with Crippen molar-refractivity contribution in [1.82, 2.24) is 0 Å². The van der Waals surface area contributed by atoms with Crippen molar-refractivity contribution in [2.24, 2.45) is 0 Å². The summed E-state index contributed by atoms with van der Waals surface area (Å²) in [6, 6.07) is 13.9. The van der Waals surface area contributed by atoms with E-state index >= 15 is 0 Å². The Balaban J connectivity index is 0.000000152. The van der Waals surface area contributed by atoms with Crippen LogP contribution in [0.15, 0.2) is 79.1 Å². The van der Waals surface area contributed by atoms with Crippen molar-refractivity contribution in [3.63, 3.8) is 0 Å². The first kappa shape index (κ1) is 22.4. The Labute approximate surface area is 197 Å². The van der Waals surface area contributed by atoms with Crippen molar-refractivity contribution in [3.05, 3.63) is 104 Å². The number of allylic oxidation sites excluding steroid dienone is 2. The van der Waals surface area contributed by atoms with Crippen molar-refractivity contribution < 1.29 is 34.9 Å². The average Bonchev–Trinajstić information content (AvgIpc) is 2.80. The zero-order chi connectivity index (χ0) is 22.2. The van der Waals surface area contributed by atoms with Crippen LogP contribution in [0.4, 0.5) is 0 Å². The van der Waals surface area contributed by atoms with Crippen LogP contribution >= 0.6 is 0 Å². The molecule has 0 saturated heterocycles. The third kappa shape index (κ3) is 3.92. The summed E-state index contributed by atoms with van der Waals surface area (Å²) < 4.78 is 11.1. The van der Waals surface area contributed by atoms with Gasteiger partial charge >= 0.3 is 0 Å². The van der Waals surface area contributed by atoms with Crippen LogP contribution in [0.1, 0.15) is 45.1 Å². The largest absolute Gasteiger partial charge is 0.456 e. The third-order valence-electron chi connectivity index (χ3n) is 5.35. The molecule has 2 aromatic heterocycles. The number of hydrogen-bond donors (Lipinski definition) is 0. The van der Waals surface area contributed by atoms with E-state index in [1.807, 2.05) is 0 Å². The molecular weight excluding hydrogens is 467 g/mol. The van der Waals surface area contributed by atoms with Crippen LogP contribution in [0.5, 0.6) is 0 Å². The molecule has 0 fully saturated rings. The monoisotopic (exact) mass is 482 g/mol. The molecule has 0 saturated carbocycles. The van der Waals surface area contributed by atoms with Crippen molar-refractivity contribution in [1.29, 1.82) is 0 Å². The maximum atomic E-state index is 12.1. The molecular formula is C26H16NiO6. The van der Waals surface area contributed by atoms with Crippen molar-refractivity contribution in [3.8, 4) is 0 Å². The number of ketones is 2. The van der Waals surface area contributed by atoms with Crippen LogP contribution in [0.3, 0.4) is 0 Å². The maximum Gasteiger partial charge on any atom is 0.204 e. The predicted octanol–water partition coefficient (Wildman–Crippen LogP) is 4.78. The molecule has 0 aliphatic heterocycles. The van der Waals surface area contributed by atoms with Gasteiger partial charge in [0.25, 0.3) is 0 Å². The molecule has 2 heterocycles. The van der Waals surface area contributed by atoms with E-state index < -0.39 is 0 Å². The number of rotatable bonds is 0. The van der Waals surface area contributed by atoms with E-state index in [2.05, 4.69) is 0 Å². The zero-order valence-corrected chi connectivity index (χ0v) is 18.1. The molecule has 6 nitrogen and oxygen atoms in total. The average molecular weight is 483 g/mol. The van der Waals surface area contributed by atoms with Gasteiger partial charge in [0.05, 0.1) is 10.8 Å². The van der Waals surface area contributed by atoms with Gasteiger partial charge in [-0.1, -0.05) is 36.4 Å². The number of carbonyl (C=O) groups excluding carboxylic acids is 2. The van der Waals surface area contributed by atoms with E-state index in [9.17, 15) is 19.2 Å². The van der Waals surface area contributed by atoms with Gasteiger partial charge in [-0.05, 0) is 36.4 Å². The second-order valence-electron chi connectivity index (χ2n) is 7.39. The summed E-state index contributed by atoms with van der Waals surface area (Å²) in [4.78, 5) is 47.4. The van der Waals surface area contributed by atoms with Gasteiger partial charge < -0.3 is 8.83 Å². The fourth-order valence-corrected chi connectivity index (χ4v) is 3.83. The molecule has 0 atom stereocenters. The first-order valence-electron chi connectivity index (χ1n) is 10.1. The Kier molecular flexibility index (Phi) is 6.08. The summed E-state index contributed by atoms with van der Waals surface area (Å²) in [5.74, 6) is 0.411. The van der Waals surface area contributed by atoms with E-state index in [4.69, 9.17) is 8.83 Å². The Morgan fingerprint density at radius 3 is 1.39 bits per heavy atom. The minimum Gasteiger partial charge on any atom is -0.456 e. The molecule has 0 spiro atoms. The first-order chi connectivity index (χ1) is 15.5. The van der Waals surface area contributed by atoms with E-state index in [0.29, 0.717) is 33.5 Å². The molecule has 4 aromatic rings. The summed E-state index contributed by atoms with van der Waals surface area (Å²) >= 11 is 0. The van der Waals surface area contributed by atoms with Gasteiger partial charge in [-0.2, -0.15) is 0 Å². The first-order valence-corrected chi connectivity index (χ1v) is 10.1. The molecule has 2 aliphatic carbocycles. The van der Waals surface area contributed by atoms with Crippen LogP contribution in [0.25, 0.3) is 34.1 Å². The van der Waals surface area contributed by atoms with Gasteiger partial charge in [0.2, 0.25) is 10.9 Å². The Bertz CT molecular complexity index is 1480. The maximum absolute atomic E-state index is 12.1. The summed E-state index contributed by atoms with van der Waals surface area (Å²) in [6.07, 6.45) is 7.34. The predicted molar refractivity (Wildman–Crippen MR) is 121 cm³/mol. The van der Waals surface area contributed by atoms with Crippen LogP contribution in [0, 0.1) is 0 Å². The van der Waals surface area contributed by atoms with Crippen molar-refractivity contribution in [2.45, 2.75) is 12.8 Å². The van der Waals surface area contributed by atoms with Gasteiger partial charge in [0.1, 0.15) is 33.8 Å². The normalized spacial score (nSPS) is 13.7. The quantitative estimate of drug-likeness (QED) is 0.334. The molecule has 33 heavy (non-hydrogen) atoms. The number of carbonyl (C=O) groups is 2. The summed E-state index contributed by atoms with van der Waals surface area (Å²) in [5, 5.41) is 0.926. The van der Waals surface area contributed by atoms with Gasteiger partial charge in [0.15, 0.2) is 11.6 Å². The van der Waals surface area contributed by atoms with Gasteiger partial charge in [-0.25, -0.2) is 0 Å². The van der Waals surface area contributed by atoms with Crippen LogP contribution < -0.4 is 10.9 Å². The Morgan fingerprint density at radius 1 is 0.576 bits per heavy atom. The molecule has 0 unspecified atom stereocenters. The van der Waals surface area contributed by atoms with Crippen molar-refractivity contribution >= 4 is 45.7 Å². The van der Waals surface area contributed by atoms with Gasteiger partial charge in [0, 0.05) is 29.3 Å². The smallest absolute Gasteiger partial charge is 0.204 e. The number of Topliss-reactive ketones (excluding diaryl/α,β-unsaturated/α-hetero) is 2. The van der Waals surface area contributed by atoms with Gasteiger partial charge in [-0.15, -0.1) is 0 Å². The molecule has 2 aliphatic rings. The standard InChI is InChI=1S/2C13H8O3.Ni/c2*14-9-5-3-7-11-12(9)13(15)8-4-1-2-6-10(8)16-11;/h2*1-4,6-7H,5H2;. The third-order valence-corrected chi connectivity index (χ3v) is 5.35. The number of benzene rings is 2. The summed E-state index contributed by atoms with van der Waals surface area (Å²) in [5.41, 5.74) is 0.941. The zero-order valence-electron chi connectivity index (χ0n) is 17.1. The van der Waals surface area contributed by atoms with Crippen molar-refractivity contribution in [2.75, 3.05) is 0 Å². The summed E-state index contributed by atoms with van der Waals surface area (Å²) in [6.45, 7) is 0. The molecule has 2 aromatic carbocycles. The second kappa shape index (κ2) is 8.96. The van der Waals surface area contributed by atoms with E-state index in [-0.39, 0.29) is 62.9 Å². The van der Waals surface area contributed by atoms with E-state index in [0.717, 1.165) is 0 Å². The molecule has 7 heteroatoms. The molecule has 0 N–H and O–H groups in total. The van der Waals surface area contributed by atoms with Crippen LogP contribution in [0.2, 0.25) is 0 Å². The molecule has 0 amide bonds. The fourth-order valence-electron chi connectivity index (χ4n) is 3.83. The second-order valence-corrected chi connectivity index (χ2v) is 7.39. The fraction of sp³-hybridized carbons (Fsp3) is 0.0769. The minimum atomic E-state index is -0.230. The number of hydrogen-bond acceptors (Lipinski definition) is 6. The number of fused-ring (bicyclic) bond motifs is 4. The summed E-state index contributed by atoms with van der Waals surface area (Å²) in [7, 11) is 0. The topological polar surface area (TPSA) is 94.6 Å². The van der Waals surface area contributed by atoms with E-state index in [1.165, 1.54) is 0 Å². The van der Waals surface area contributed by atoms with Gasteiger partial charge in [-0.3, -0.25) is 19.2 Å². The molecule has 166 valence electrons. The molecule has 6 rings (SSSR count).